The van der Waals surface area contributed by atoms with Crippen LogP contribution in [0.5, 0.6) is 11.5 Å². The Hall–Kier alpha value is -3.35. The molecule has 23 heavy (non-hydrogen) atoms. The topological polar surface area (TPSA) is 102 Å². The average molecular weight is 312 g/mol. The van der Waals surface area contributed by atoms with E-state index >= 15 is 0 Å². The quantitative estimate of drug-likeness (QED) is 0.513. The lowest BCUT2D eigenvalue weighted by Gasteiger charge is -2.03. The molecule has 0 aliphatic carbocycles. The molecule has 3 rings (SSSR count). The number of nitrogens with one attached hydrogen (secondary N) is 1. The maximum Gasteiger partial charge on any atom is 0.292 e. The van der Waals surface area contributed by atoms with Gasteiger partial charge in [0, 0.05) is 19.2 Å². The average Bonchev–Trinajstić information content (AvgIpc) is 2.82. The highest BCUT2D eigenvalue weighted by atomic mass is 16.6. The maximum atomic E-state index is 12.2. The number of allylic oxidation sites excluding steroid dienone is 1. The molecule has 2 N–H and O–H groups in total. The molecular formula is C16H12N2O5. The highest BCUT2D eigenvalue weighted by Crippen LogP contribution is 2.35. The molecule has 2 aromatic carbocycles. The first-order valence-corrected chi connectivity index (χ1v) is 6.73. The molecule has 0 atom stereocenters. The highest BCUT2D eigenvalue weighted by molar-refractivity contribution is 6.14. The summed E-state index contributed by atoms with van der Waals surface area (Å²) in [4.78, 5) is 22.8. The second-order valence-corrected chi connectivity index (χ2v) is 4.90. The summed E-state index contributed by atoms with van der Waals surface area (Å²) in [6, 6.07) is 8.78. The van der Waals surface area contributed by atoms with E-state index in [1.54, 1.807) is 19.2 Å². The Morgan fingerprint density at radius 1 is 1.26 bits per heavy atom. The Morgan fingerprint density at radius 3 is 2.74 bits per heavy atom. The number of benzene rings is 2. The molecular weight excluding hydrogens is 300 g/mol. The summed E-state index contributed by atoms with van der Waals surface area (Å²) < 4.78 is 5.43. The molecule has 0 amide bonds. The number of phenolic OH excluding ortho intramolecular Hbond substituents is 1. The molecule has 0 unspecified atom stereocenters. The van der Waals surface area contributed by atoms with Crippen molar-refractivity contribution < 1.29 is 19.6 Å². The van der Waals surface area contributed by atoms with E-state index in [0.717, 1.165) is 0 Å². The Balaban J connectivity index is 1.99. The molecule has 1 aliphatic heterocycles. The molecule has 7 heteroatoms. The number of phenols is 1. The predicted octanol–water partition coefficient (Wildman–Crippen LogP) is 2.96. The lowest BCUT2D eigenvalue weighted by Crippen LogP contribution is -1.99. The van der Waals surface area contributed by atoms with Gasteiger partial charge in [0.1, 0.15) is 17.2 Å². The van der Waals surface area contributed by atoms with Crippen molar-refractivity contribution >= 4 is 23.2 Å². The van der Waals surface area contributed by atoms with Gasteiger partial charge in [-0.3, -0.25) is 14.9 Å². The van der Waals surface area contributed by atoms with Crippen LogP contribution in [-0.2, 0) is 0 Å². The predicted molar refractivity (Wildman–Crippen MR) is 83.7 cm³/mol. The van der Waals surface area contributed by atoms with Gasteiger partial charge in [-0.05, 0) is 29.8 Å². The van der Waals surface area contributed by atoms with Gasteiger partial charge in [-0.1, -0.05) is 6.07 Å². The Morgan fingerprint density at radius 2 is 2.04 bits per heavy atom. The summed E-state index contributed by atoms with van der Waals surface area (Å²) in [5.74, 6) is -0.0214. The molecule has 0 saturated carbocycles. The van der Waals surface area contributed by atoms with Gasteiger partial charge in [-0.15, -0.1) is 0 Å². The fourth-order valence-electron chi connectivity index (χ4n) is 2.33. The largest absolute Gasteiger partial charge is 0.508 e. The van der Waals surface area contributed by atoms with Gasteiger partial charge in [-0.25, -0.2) is 0 Å². The molecule has 0 saturated heterocycles. The number of ether oxygens (including phenoxy) is 1. The fourth-order valence-corrected chi connectivity index (χ4v) is 2.33. The number of nitro groups is 1. The molecule has 1 aliphatic rings. The van der Waals surface area contributed by atoms with Gasteiger partial charge in [0.05, 0.1) is 10.5 Å². The molecule has 0 bridgehead atoms. The van der Waals surface area contributed by atoms with Crippen LogP contribution in [0.15, 0.2) is 42.2 Å². The van der Waals surface area contributed by atoms with Crippen molar-refractivity contribution in [1.29, 1.82) is 0 Å². The van der Waals surface area contributed by atoms with Crippen molar-refractivity contribution in [3.63, 3.8) is 0 Å². The summed E-state index contributed by atoms with van der Waals surface area (Å²) in [5.41, 5.74) is 1.10. The van der Waals surface area contributed by atoms with Crippen molar-refractivity contribution in [3.8, 4) is 11.5 Å². The van der Waals surface area contributed by atoms with Crippen LogP contribution in [0.4, 0.5) is 11.4 Å². The molecule has 0 radical (unpaired) electrons. The normalized spacial score (nSPS) is 14.5. The van der Waals surface area contributed by atoms with Crippen LogP contribution in [0.3, 0.4) is 0 Å². The molecule has 7 nitrogen and oxygen atoms in total. The number of carbonyl (C=O) groups excluding carboxylic acids is 1. The van der Waals surface area contributed by atoms with Gasteiger partial charge < -0.3 is 15.2 Å². The highest BCUT2D eigenvalue weighted by Gasteiger charge is 2.27. The Bertz CT molecular complexity index is 858. The summed E-state index contributed by atoms with van der Waals surface area (Å²) in [6.07, 6.45) is 1.44. The number of rotatable bonds is 3. The van der Waals surface area contributed by atoms with E-state index in [9.17, 15) is 20.0 Å². The van der Waals surface area contributed by atoms with Crippen LogP contribution in [0, 0.1) is 10.1 Å². The van der Waals surface area contributed by atoms with E-state index in [1.165, 1.54) is 30.3 Å². The molecule has 2 aromatic rings. The lowest BCUT2D eigenvalue weighted by atomic mass is 10.1. The number of Topliss-reactive ketones (excluding diaryl/α,β-unsaturated/α-hetero) is 1. The number of ketones is 1. The number of aromatic hydroxyl groups is 1. The standard InChI is InChI=1S/C16H12N2O5/c1-17-12-5-2-9(6-13(12)18(21)22)7-15-16(20)11-4-3-10(19)8-14(11)23-15/h2-8,17,19H,1H3. The number of carbonyl (C=O) groups is 1. The van der Waals surface area contributed by atoms with Crippen molar-refractivity contribution in [3.05, 3.63) is 63.4 Å². The Kier molecular flexibility index (Phi) is 3.46. The van der Waals surface area contributed by atoms with Crippen LogP contribution >= 0.6 is 0 Å². The van der Waals surface area contributed by atoms with Crippen molar-refractivity contribution in [2.75, 3.05) is 12.4 Å². The minimum atomic E-state index is -0.502. The van der Waals surface area contributed by atoms with Crippen molar-refractivity contribution in [2.45, 2.75) is 0 Å². The van der Waals surface area contributed by atoms with E-state index in [2.05, 4.69) is 5.32 Å². The number of nitrogens with zero attached hydrogens (tertiary/aromatic N) is 1. The minimum absolute atomic E-state index is 0.00758. The monoisotopic (exact) mass is 312 g/mol. The molecule has 1 heterocycles. The summed E-state index contributed by atoms with van der Waals surface area (Å²) in [6.45, 7) is 0. The summed E-state index contributed by atoms with van der Waals surface area (Å²) in [7, 11) is 1.59. The first-order chi connectivity index (χ1) is 11.0. The molecule has 0 aromatic heterocycles. The van der Waals surface area contributed by atoms with Crippen molar-refractivity contribution in [1.82, 2.24) is 0 Å². The van der Waals surface area contributed by atoms with Crippen LogP contribution in [0.2, 0.25) is 0 Å². The first-order valence-electron chi connectivity index (χ1n) is 6.73. The number of anilines is 1. The van der Waals surface area contributed by atoms with E-state index < -0.39 is 4.92 Å². The Labute approximate surface area is 131 Å². The van der Waals surface area contributed by atoms with Gasteiger partial charge >= 0.3 is 0 Å². The van der Waals surface area contributed by atoms with E-state index in [-0.39, 0.29) is 28.7 Å². The van der Waals surface area contributed by atoms with Gasteiger partial charge in [0.25, 0.3) is 5.69 Å². The van der Waals surface area contributed by atoms with Crippen LogP contribution < -0.4 is 10.1 Å². The number of hydrogen-bond donors (Lipinski definition) is 2. The van der Waals surface area contributed by atoms with Gasteiger partial charge in [0.2, 0.25) is 5.78 Å². The van der Waals surface area contributed by atoms with Crippen LogP contribution in [0.25, 0.3) is 6.08 Å². The van der Waals surface area contributed by atoms with E-state index in [0.29, 0.717) is 16.8 Å². The SMILES string of the molecule is CNc1ccc(C=C2Oc3cc(O)ccc3C2=O)cc1[N+](=O)[O-]. The first kappa shape index (κ1) is 14.6. The molecule has 0 spiro atoms. The summed E-state index contributed by atoms with van der Waals surface area (Å²) in [5, 5.41) is 23.2. The second-order valence-electron chi connectivity index (χ2n) is 4.90. The van der Waals surface area contributed by atoms with Gasteiger partial charge in [0.15, 0.2) is 5.76 Å². The van der Waals surface area contributed by atoms with Crippen molar-refractivity contribution in [2.24, 2.45) is 0 Å². The third kappa shape index (κ3) is 2.59. The van der Waals surface area contributed by atoms with E-state index in [1.807, 2.05) is 0 Å². The molecule has 0 fully saturated rings. The number of nitro benzene ring substituents is 1. The minimum Gasteiger partial charge on any atom is -0.508 e. The third-order valence-corrected chi connectivity index (χ3v) is 3.44. The van der Waals surface area contributed by atoms with E-state index in [4.69, 9.17) is 4.74 Å². The van der Waals surface area contributed by atoms with Crippen LogP contribution in [0.1, 0.15) is 15.9 Å². The lowest BCUT2D eigenvalue weighted by molar-refractivity contribution is -0.383. The smallest absolute Gasteiger partial charge is 0.292 e. The zero-order valence-electron chi connectivity index (χ0n) is 12.1. The third-order valence-electron chi connectivity index (χ3n) is 3.44. The maximum absolute atomic E-state index is 12.2. The second kappa shape index (κ2) is 5.45. The van der Waals surface area contributed by atoms with Gasteiger partial charge in [-0.2, -0.15) is 0 Å². The number of hydrogen-bond acceptors (Lipinski definition) is 6. The van der Waals surface area contributed by atoms with Crippen LogP contribution in [-0.4, -0.2) is 22.9 Å². The summed E-state index contributed by atoms with van der Waals surface area (Å²) >= 11 is 0. The molecule has 116 valence electrons. The zero-order chi connectivity index (χ0) is 16.6. The zero-order valence-corrected chi connectivity index (χ0v) is 12.1. The fraction of sp³-hybridized carbons (Fsp3) is 0.0625. The number of fused-ring (bicyclic) bond motifs is 1.